The molecule has 1 aliphatic rings. The van der Waals surface area contributed by atoms with E-state index in [9.17, 15) is 9.18 Å². The summed E-state index contributed by atoms with van der Waals surface area (Å²) >= 11 is 5.99. The normalized spacial score (nSPS) is 18.2. The van der Waals surface area contributed by atoms with Gasteiger partial charge in [-0.05, 0) is 62.6 Å². The lowest BCUT2D eigenvalue weighted by molar-refractivity contribution is 0.178. The van der Waals surface area contributed by atoms with Crippen LogP contribution < -0.4 is 15.4 Å². The molecule has 0 fully saturated rings. The van der Waals surface area contributed by atoms with Gasteiger partial charge in [-0.1, -0.05) is 25.2 Å². The molecule has 0 saturated carbocycles. The minimum atomic E-state index is -0.282. The van der Waals surface area contributed by atoms with E-state index in [0.29, 0.717) is 11.4 Å². The molecule has 0 bridgehead atoms. The lowest BCUT2D eigenvalue weighted by Crippen LogP contribution is -2.40. The first-order valence-electron chi connectivity index (χ1n) is 9.16. The van der Waals surface area contributed by atoms with Crippen LogP contribution in [0.4, 0.5) is 9.18 Å². The monoisotopic (exact) mass is 392 g/mol. The number of benzene rings is 1. The number of alkyl halides is 1. The summed E-state index contributed by atoms with van der Waals surface area (Å²) in [6, 6.07) is 5.75. The predicted molar refractivity (Wildman–Crippen MR) is 107 cm³/mol. The molecule has 3 unspecified atom stereocenters. The van der Waals surface area contributed by atoms with Crippen molar-refractivity contribution in [3.8, 4) is 5.75 Å². The van der Waals surface area contributed by atoms with Crippen LogP contribution in [0.1, 0.15) is 33.1 Å². The Kier molecular flexibility index (Phi) is 8.40. The first-order valence-corrected chi connectivity index (χ1v) is 9.60. The molecule has 2 N–H and O–H groups in total. The number of carbonyl (C=O) groups is 1. The van der Waals surface area contributed by atoms with E-state index in [4.69, 9.17) is 16.3 Å². The zero-order chi connectivity index (χ0) is 19.6. The SMILES string of the molecule is CCC(CCC(C)NC(=O)NC1=CC=CC(Cl)C=C1)Oc1ccc(F)cc1. The van der Waals surface area contributed by atoms with Crippen molar-refractivity contribution < 1.29 is 13.9 Å². The second-order valence-electron chi connectivity index (χ2n) is 6.49. The number of nitrogens with one attached hydrogen (secondary N) is 2. The van der Waals surface area contributed by atoms with Crippen LogP contribution >= 0.6 is 11.6 Å². The quantitative estimate of drug-likeness (QED) is 0.607. The van der Waals surface area contributed by atoms with Gasteiger partial charge in [0.1, 0.15) is 11.6 Å². The topological polar surface area (TPSA) is 50.4 Å². The van der Waals surface area contributed by atoms with Gasteiger partial charge in [0, 0.05) is 11.7 Å². The summed E-state index contributed by atoms with van der Waals surface area (Å²) in [7, 11) is 0. The van der Waals surface area contributed by atoms with Crippen molar-refractivity contribution in [1.29, 1.82) is 0 Å². The van der Waals surface area contributed by atoms with E-state index in [1.54, 1.807) is 30.4 Å². The van der Waals surface area contributed by atoms with Crippen molar-refractivity contribution in [1.82, 2.24) is 10.6 Å². The zero-order valence-corrected chi connectivity index (χ0v) is 16.4. The first-order chi connectivity index (χ1) is 13.0. The number of halogens is 2. The Hall–Kier alpha value is -2.27. The van der Waals surface area contributed by atoms with Crippen molar-refractivity contribution in [2.45, 2.75) is 50.6 Å². The molecule has 1 aliphatic carbocycles. The standard InChI is InChI=1S/C21H26ClFN2O2/c1-3-19(27-20-13-9-17(23)10-14-20)12-7-15(2)24-21(26)25-18-6-4-5-16(22)8-11-18/h4-6,8-11,13-16,19H,3,7,12H2,1-2H3,(H2,24,25,26). The highest BCUT2D eigenvalue weighted by atomic mass is 35.5. The van der Waals surface area contributed by atoms with Crippen LogP contribution in [-0.2, 0) is 0 Å². The second kappa shape index (κ2) is 10.8. The molecule has 27 heavy (non-hydrogen) atoms. The maximum absolute atomic E-state index is 13.0. The Bertz CT molecular complexity index is 701. The van der Waals surface area contributed by atoms with Crippen LogP contribution in [0, 0.1) is 5.82 Å². The Morgan fingerprint density at radius 3 is 2.70 bits per heavy atom. The van der Waals surface area contributed by atoms with Crippen molar-refractivity contribution in [2.75, 3.05) is 0 Å². The molecular weight excluding hydrogens is 367 g/mol. The van der Waals surface area contributed by atoms with Gasteiger partial charge < -0.3 is 15.4 Å². The average molecular weight is 393 g/mol. The zero-order valence-electron chi connectivity index (χ0n) is 15.6. The molecule has 0 radical (unpaired) electrons. The summed E-state index contributed by atoms with van der Waals surface area (Å²) in [5, 5.41) is 5.56. The Labute approximate surface area is 165 Å². The van der Waals surface area contributed by atoms with Crippen LogP contribution in [0.15, 0.2) is 60.3 Å². The van der Waals surface area contributed by atoms with Gasteiger partial charge in [0.2, 0.25) is 0 Å². The summed E-state index contributed by atoms with van der Waals surface area (Å²) in [5.74, 6) is 0.370. The van der Waals surface area contributed by atoms with Crippen LogP contribution in [-0.4, -0.2) is 23.6 Å². The number of ether oxygens (including phenoxy) is 1. The summed E-state index contributed by atoms with van der Waals surface area (Å²) in [6.45, 7) is 4.00. The highest BCUT2D eigenvalue weighted by Crippen LogP contribution is 2.17. The Morgan fingerprint density at radius 2 is 2.00 bits per heavy atom. The van der Waals surface area contributed by atoms with Crippen LogP contribution in [0.3, 0.4) is 0 Å². The van der Waals surface area contributed by atoms with Gasteiger partial charge in [0.15, 0.2) is 0 Å². The van der Waals surface area contributed by atoms with E-state index >= 15 is 0 Å². The number of amides is 2. The molecule has 2 rings (SSSR count). The van der Waals surface area contributed by atoms with Crippen molar-refractivity contribution >= 4 is 17.6 Å². The highest BCUT2D eigenvalue weighted by Gasteiger charge is 2.13. The summed E-state index contributed by atoms with van der Waals surface area (Å²) in [6.07, 6.45) is 11.4. The van der Waals surface area contributed by atoms with Gasteiger partial charge in [0.25, 0.3) is 0 Å². The Morgan fingerprint density at radius 1 is 1.26 bits per heavy atom. The number of rotatable bonds is 8. The smallest absolute Gasteiger partial charge is 0.319 e. The predicted octanol–water partition coefficient (Wildman–Crippen LogP) is 5.07. The van der Waals surface area contributed by atoms with Gasteiger partial charge in [-0.3, -0.25) is 0 Å². The number of carbonyl (C=O) groups excluding carboxylic acids is 1. The molecule has 0 heterocycles. The molecule has 3 atom stereocenters. The van der Waals surface area contributed by atoms with Gasteiger partial charge in [0.05, 0.1) is 11.5 Å². The van der Waals surface area contributed by atoms with Crippen molar-refractivity contribution in [2.24, 2.45) is 0 Å². The van der Waals surface area contributed by atoms with E-state index in [-0.39, 0.29) is 29.4 Å². The molecule has 6 heteroatoms. The van der Waals surface area contributed by atoms with Crippen molar-refractivity contribution in [3.05, 3.63) is 66.2 Å². The van der Waals surface area contributed by atoms with Crippen LogP contribution in [0.2, 0.25) is 0 Å². The number of urea groups is 1. The van der Waals surface area contributed by atoms with Crippen LogP contribution in [0.25, 0.3) is 0 Å². The molecule has 2 amide bonds. The van der Waals surface area contributed by atoms with Gasteiger partial charge in [-0.25, -0.2) is 9.18 Å². The highest BCUT2D eigenvalue weighted by molar-refractivity contribution is 6.23. The minimum absolute atomic E-state index is 0.0115. The third kappa shape index (κ3) is 7.87. The lowest BCUT2D eigenvalue weighted by atomic mass is 10.1. The molecule has 0 aliphatic heterocycles. The van der Waals surface area contributed by atoms with E-state index in [0.717, 1.165) is 19.3 Å². The van der Waals surface area contributed by atoms with E-state index in [2.05, 4.69) is 10.6 Å². The molecule has 4 nitrogen and oxygen atoms in total. The molecule has 0 aromatic heterocycles. The van der Waals surface area contributed by atoms with Crippen molar-refractivity contribution in [3.63, 3.8) is 0 Å². The maximum atomic E-state index is 13.0. The molecule has 1 aromatic carbocycles. The molecule has 146 valence electrons. The fraction of sp³-hybridized carbons (Fsp3) is 0.381. The molecule has 0 saturated heterocycles. The fourth-order valence-corrected chi connectivity index (χ4v) is 2.77. The van der Waals surface area contributed by atoms with E-state index < -0.39 is 0 Å². The van der Waals surface area contributed by atoms with Gasteiger partial charge in [-0.15, -0.1) is 11.6 Å². The molecular formula is C21H26ClFN2O2. The largest absolute Gasteiger partial charge is 0.490 e. The number of hydrogen-bond acceptors (Lipinski definition) is 2. The summed E-state index contributed by atoms with van der Waals surface area (Å²) in [4.78, 5) is 12.1. The summed E-state index contributed by atoms with van der Waals surface area (Å²) in [5.41, 5.74) is 0.685. The first kappa shape index (κ1) is 21.0. The Balaban J connectivity index is 1.75. The third-order valence-corrected chi connectivity index (χ3v) is 4.45. The fourth-order valence-electron chi connectivity index (χ4n) is 2.62. The van der Waals surface area contributed by atoms with E-state index in [1.165, 1.54) is 12.1 Å². The maximum Gasteiger partial charge on any atom is 0.319 e. The molecule has 1 aromatic rings. The minimum Gasteiger partial charge on any atom is -0.490 e. The lowest BCUT2D eigenvalue weighted by Gasteiger charge is -2.20. The third-order valence-electron chi connectivity index (χ3n) is 4.16. The van der Waals surface area contributed by atoms with Gasteiger partial charge >= 0.3 is 6.03 Å². The second-order valence-corrected chi connectivity index (χ2v) is 6.99. The number of hydrogen-bond donors (Lipinski definition) is 2. The van der Waals surface area contributed by atoms with Crippen LogP contribution in [0.5, 0.6) is 5.75 Å². The number of allylic oxidation sites excluding steroid dienone is 5. The van der Waals surface area contributed by atoms with Gasteiger partial charge in [-0.2, -0.15) is 0 Å². The summed E-state index contributed by atoms with van der Waals surface area (Å²) < 4.78 is 18.9. The average Bonchev–Trinajstić information content (AvgIpc) is 2.84. The van der Waals surface area contributed by atoms with E-state index in [1.807, 2.05) is 26.0 Å². The molecule has 0 spiro atoms.